The third-order valence-corrected chi connectivity index (χ3v) is 11.5. The third-order valence-electron chi connectivity index (χ3n) is 9.44. The fraction of sp³-hybridized carbons (Fsp3) is 0.0667. The van der Waals surface area contributed by atoms with Gasteiger partial charge in [-0.25, -0.2) is 0 Å². The minimum absolute atomic E-state index is 1.23. The molecule has 0 aliphatic carbocycles. The quantitative estimate of drug-likeness (QED) is 0.135. The van der Waals surface area contributed by atoms with Gasteiger partial charge in [-0.1, -0.05) is 183 Å². The number of fused-ring (bicyclic) bond motifs is 3. The predicted octanol–water partition coefficient (Wildman–Crippen LogP) is 12.4. The summed E-state index contributed by atoms with van der Waals surface area (Å²) in [5.41, 5.74) is 10.1. The fourth-order valence-corrected chi connectivity index (χ4v) is 8.30. The van der Waals surface area contributed by atoms with E-state index in [1.807, 2.05) is 0 Å². The minimum atomic E-state index is -1.39. The van der Waals surface area contributed by atoms with Crippen molar-refractivity contribution in [1.29, 1.82) is 0 Å². The smallest absolute Gasteiger partial charge is 0.0656 e. The maximum Gasteiger partial charge on any atom is 0.0775 e. The largest absolute Gasteiger partial charge is 0.0775 e. The first-order valence-corrected chi connectivity index (χ1v) is 19.7. The molecule has 220 valence electrons. The van der Waals surface area contributed by atoms with Crippen molar-refractivity contribution in [3.05, 3.63) is 164 Å². The van der Waals surface area contributed by atoms with E-state index in [9.17, 15) is 0 Å². The van der Waals surface area contributed by atoms with Gasteiger partial charge in [0.1, 0.15) is 0 Å². The van der Waals surface area contributed by atoms with Crippen molar-refractivity contribution in [2.24, 2.45) is 0 Å². The van der Waals surface area contributed by atoms with Gasteiger partial charge < -0.3 is 0 Å². The molecule has 0 radical (unpaired) electrons. The zero-order valence-corrected chi connectivity index (χ0v) is 27.6. The van der Waals surface area contributed by atoms with Crippen LogP contribution in [0.4, 0.5) is 0 Å². The van der Waals surface area contributed by atoms with E-state index in [4.69, 9.17) is 0 Å². The lowest BCUT2D eigenvalue weighted by Crippen LogP contribution is -2.37. The summed E-state index contributed by atoms with van der Waals surface area (Å²) in [4.78, 5) is 0. The van der Waals surface area contributed by atoms with E-state index in [1.165, 1.54) is 82.0 Å². The van der Waals surface area contributed by atoms with Gasteiger partial charge in [0.15, 0.2) is 0 Å². The van der Waals surface area contributed by atoms with E-state index in [2.05, 4.69) is 183 Å². The summed E-state index contributed by atoms with van der Waals surface area (Å²) >= 11 is 0. The second-order valence-electron chi connectivity index (χ2n) is 13.3. The van der Waals surface area contributed by atoms with E-state index in [1.54, 1.807) is 0 Å². The van der Waals surface area contributed by atoms with Crippen molar-refractivity contribution < 1.29 is 0 Å². The Hall–Kier alpha value is -5.24. The van der Waals surface area contributed by atoms with E-state index in [0.717, 1.165) is 0 Å². The second-order valence-corrected chi connectivity index (χ2v) is 18.4. The lowest BCUT2D eigenvalue weighted by Gasteiger charge is -2.20. The maximum atomic E-state index is 2.42. The highest BCUT2D eigenvalue weighted by atomic mass is 28.3. The molecule has 0 aliphatic rings. The van der Waals surface area contributed by atoms with E-state index in [-0.39, 0.29) is 0 Å². The van der Waals surface area contributed by atoms with Gasteiger partial charge in [0.05, 0.1) is 8.07 Å². The molecule has 46 heavy (non-hydrogen) atoms. The maximum absolute atomic E-state index is 2.42. The highest BCUT2D eigenvalue weighted by Crippen LogP contribution is 2.45. The zero-order valence-electron chi connectivity index (χ0n) is 26.6. The van der Waals surface area contributed by atoms with Crippen LogP contribution in [-0.4, -0.2) is 8.07 Å². The highest BCUT2D eigenvalue weighted by molar-refractivity contribution is 6.88. The van der Waals surface area contributed by atoms with Crippen LogP contribution in [0.5, 0.6) is 0 Å². The summed E-state index contributed by atoms with van der Waals surface area (Å²) in [6.45, 7) is 7.24. The first-order chi connectivity index (χ1) is 22.5. The van der Waals surface area contributed by atoms with Crippen LogP contribution in [0.1, 0.15) is 0 Å². The molecule has 8 aromatic carbocycles. The van der Waals surface area contributed by atoms with Crippen LogP contribution in [0.25, 0.3) is 76.8 Å². The molecule has 0 aliphatic heterocycles. The van der Waals surface area contributed by atoms with E-state index < -0.39 is 8.07 Å². The Balaban J connectivity index is 1.38. The van der Waals surface area contributed by atoms with Crippen LogP contribution in [-0.2, 0) is 0 Å². The summed E-state index contributed by atoms with van der Waals surface area (Å²) in [7, 11) is -1.39. The molecular formula is C45H36Si. The van der Waals surface area contributed by atoms with Crippen LogP contribution < -0.4 is 5.19 Å². The summed E-state index contributed by atoms with van der Waals surface area (Å²) in [5, 5.41) is 9.15. The molecule has 0 saturated carbocycles. The van der Waals surface area contributed by atoms with Gasteiger partial charge in [0.2, 0.25) is 0 Å². The monoisotopic (exact) mass is 604 g/mol. The molecule has 0 N–H and O–H groups in total. The third kappa shape index (κ3) is 4.85. The first-order valence-electron chi connectivity index (χ1n) is 16.2. The molecule has 0 bridgehead atoms. The highest BCUT2D eigenvalue weighted by Gasteiger charge is 2.20. The van der Waals surface area contributed by atoms with Gasteiger partial charge in [-0.2, -0.15) is 0 Å². The molecular weight excluding hydrogens is 569 g/mol. The van der Waals surface area contributed by atoms with Crippen molar-refractivity contribution in [2.45, 2.75) is 19.6 Å². The summed E-state index contributed by atoms with van der Waals surface area (Å²) < 4.78 is 0. The predicted molar refractivity (Wildman–Crippen MR) is 204 cm³/mol. The van der Waals surface area contributed by atoms with E-state index >= 15 is 0 Å². The summed E-state index contributed by atoms with van der Waals surface area (Å²) in [6, 6.07) is 60.6. The van der Waals surface area contributed by atoms with Crippen LogP contribution in [0.3, 0.4) is 0 Å². The molecule has 0 fully saturated rings. The van der Waals surface area contributed by atoms with Crippen molar-refractivity contribution in [3.8, 4) is 44.5 Å². The van der Waals surface area contributed by atoms with Gasteiger partial charge in [-0.3, -0.25) is 0 Å². The second kappa shape index (κ2) is 11.3. The Labute approximate surface area is 272 Å². The van der Waals surface area contributed by atoms with Crippen molar-refractivity contribution in [2.75, 3.05) is 0 Å². The fourth-order valence-electron chi connectivity index (χ4n) is 7.14. The Morgan fingerprint density at radius 3 is 1.43 bits per heavy atom. The van der Waals surface area contributed by atoms with Crippen molar-refractivity contribution in [1.82, 2.24) is 0 Å². The Kier molecular flexibility index (Phi) is 6.93. The number of benzene rings is 8. The van der Waals surface area contributed by atoms with Crippen LogP contribution in [0.15, 0.2) is 164 Å². The molecule has 1 heteroatoms. The molecule has 8 rings (SSSR count). The number of rotatable bonds is 5. The normalized spacial score (nSPS) is 11.8. The average molecular weight is 605 g/mol. The number of hydrogen-bond acceptors (Lipinski definition) is 0. The van der Waals surface area contributed by atoms with Crippen LogP contribution >= 0.6 is 0 Å². The van der Waals surface area contributed by atoms with Gasteiger partial charge in [-0.05, 0) is 82.9 Å². The van der Waals surface area contributed by atoms with Gasteiger partial charge in [0, 0.05) is 0 Å². The Morgan fingerprint density at radius 2 is 0.826 bits per heavy atom. The topological polar surface area (TPSA) is 0 Å². The van der Waals surface area contributed by atoms with Crippen molar-refractivity contribution in [3.63, 3.8) is 0 Å². The van der Waals surface area contributed by atoms with Crippen LogP contribution in [0, 0.1) is 0 Å². The molecule has 0 atom stereocenters. The SMILES string of the molecule is C[Si](C)(C)c1ccc(-c2c3ccccc3c(-c3ccc4cccc(-c5ccccc5-c5ccccc5)c4c3)c3ccccc23)cc1. The average Bonchev–Trinajstić information content (AvgIpc) is 3.10. The Morgan fingerprint density at radius 1 is 0.326 bits per heavy atom. The molecule has 0 spiro atoms. The molecule has 0 heterocycles. The van der Waals surface area contributed by atoms with Gasteiger partial charge in [0.25, 0.3) is 0 Å². The van der Waals surface area contributed by atoms with E-state index in [0.29, 0.717) is 0 Å². The molecule has 0 aromatic heterocycles. The molecule has 0 amide bonds. The standard InChI is InChI=1S/C45H36Si/c1-46(2,3)35-28-26-33(27-29-35)44-39-19-9-11-21-41(39)45(42-22-12-10-20-40(42)44)34-25-24-32-16-13-23-38(43(32)30-34)37-18-8-7-17-36(37)31-14-5-4-6-15-31/h4-30H,1-3H3. The lowest BCUT2D eigenvalue weighted by atomic mass is 9.85. The lowest BCUT2D eigenvalue weighted by molar-refractivity contribution is 1.60. The summed E-state index contributed by atoms with van der Waals surface area (Å²) in [5.74, 6) is 0. The minimum Gasteiger partial charge on any atom is -0.0656 e. The Bertz CT molecular complexity index is 2320. The van der Waals surface area contributed by atoms with Crippen LogP contribution in [0.2, 0.25) is 19.6 Å². The molecule has 0 saturated heterocycles. The molecule has 8 aromatic rings. The van der Waals surface area contributed by atoms with Crippen molar-refractivity contribution >= 4 is 45.6 Å². The van der Waals surface area contributed by atoms with Gasteiger partial charge >= 0.3 is 0 Å². The first kappa shape index (κ1) is 28.2. The molecule has 0 nitrogen and oxygen atoms in total. The number of hydrogen-bond donors (Lipinski definition) is 0. The summed E-state index contributed by atoms with van der Waals surface area (Å²) in [6.07, 6.45) is 0. The van der Waals surface area contributed by atoms with Gasteiger partial charge in [-0.15, -0.1) is 0 Å². The molecule has 0 unspecified atom stereocenters. The zero-order chi connectivity index (χ0) is 31.3.